The Morgan fingerprint density at radius 3 is 2.54 bits per heavy atom. The molecule has 0 spiro atoms. The summed E-state index contributed by atoms with van der Waals surface area (Å²) in [6.07, 6.45) is 6.18. The topological polar surface area (TPSA) is 0 Å². The Bertz CT molecular complexity index is 265. The van der Waals surface area contributed by atoms with Crippen LogP contribution in [0, 0.1) is 0 Å². The summed E-state index contributed by atoms with van der Waals surface area (Å²) in [6, 6.07) is 6.28. The Labute approximate surface area is 85.5 Å². The van der Waals surface area contributed by atoms with Gasteiger partial charge in [-0.05, 0) is 0 Å². The average Bonchev–Trinajstić information content (AvgIpc) is 2.20. The summed E-state index contributed by atoms with van der Waals surface area (Å²) in [4.78, 5) is -0.0560. The van der Waals surface area contributed by atoms with Gasteiger partial charge in [-0.3, -0.25) is 0 Å². The van der Waals surface area contributed by atoms with Crippen molar-refractivity contribution in [2.75, 3.05) is 0 Å². The second-order valence-corrected chi connectivity index (χ2v) is 4.62. The first-order valence-electron chi connectivity index (χ1n) is 5.06. The third kappa shape index (κ3) is 1.96. The van der Waals surface area contributed by atoms with E-state index in [4.69, 9.17) is 11.6 Å². The molecule has 1 aliphatic rings. The van der Waals surface area contributed by atoms with Gasteiger partial charge in [0.2, 0.25) is 0 Å². The molecule has 0 amide bonds. The Kier molecular flexibility index (Phi) is 2.73. The predicted molar refractivity (Wildman–Crippen MR) is 58.4 cm³/mol. The van der Waals surface area contributed by atoms with Crippen LogP contribution in [-0.2, 0) is 4.87 Å². The predicted octanol–water partition coefficient (Wildman–Crippen LogP) is 3.42. The van der Waals surface area contributed by atoms with Crippen LogP contribution in [0.3, 0.4) is 0 Å². The molecule has 0 atom stereocenters. The van der Waals surface area contributed by atoms with Crippen LogP contribution in [0.15, 0.2) is 24.2 Å². The quantitative estimate of drug-likeness (QED) is 0.598. The van der Waals surface area contributed by atoms with Gasteiger partial charge in [-0.1, -0.05) is 0 Å². The van der Waals surface area contributed by atoms with Crippen molar-refractivity contribution in [3.63, 3.8) is 0 Å². The van der Waals surface area contributed by atoms with E-state index in [0.29, 0.717) is 0 Å². The molecular formula is C11H14BCl. The molecule has 0 unspecified atom stereocenters. The van der Waals surface area contributed by atoms with Gasteiger partial charge in [0.1, 0.15) is 0 Å². The maximum atomic E-state index is 6.60. The fraction of sp³-hybridized carbons (Fsp3) is 0.545. The molecule has 68 valence electrons. The van der Waals surface area contributed by atoms with Crippen LogP contribution in [0.5, 0.6) is 0 Å². The van der Waals surface area contributed by atoms with E-state index in [9.17, 15) is 0 Å². The zero-order valence-corrected chi connectivity index (χ0v) is 8.56. The van der Waals surface area contributed by atoms with Crippen molar-refractivity contribution in [2.24, 2.45) is 0 Å². The number of hydrogen-bond donors (Lipinski definition) is 0. The second-order valence-electron chi connectivity index (χ2n) is 3.89. The summed E-state index contributed by atoms with van der Waals surface area (Å²) in [5.74, 6) is 2.08. The van der Waals surface area contributed by atoms with Crippen molar-refractivity contribution >= 4 is 18.5 Å². The summed E-state index contributed by atoms with van der Waals surface area (Å²) in [6.45, 7) is 2.15. The Balaban J connectivity index is 2.23. The Morgan fingerprint density at radius 2 is 1.92 bits per heavy atom. The van der Waals surface area contributed by atoms with Crippen molar-refractivity contribution in [1.29, 1.82) is 0 Å². The van der Waals surface area contributed by atoms with Gasteiger partial charge in [-0.2, -0.15) is 0 Å². The van der Waals surface area contributed by atoms with Crippen molar-refractivity contribution in [2.45, 2.75) is 37.0 Å². The molecule has 1 fully saturated rings. The number of halogens is 1. The summed E-state index contributed by atoms with van der Waals surface area (Å²) >= 11 is 6.60. The first-order valence-corrected chi connectivity index (χ1v) is 5.43. The third-order valence-corrected chi connectivity index (χ3v) is 3.53. The summed E-state index contributed by atoms with van der Waals surface area (Å²) < 4.78 is 0. The molecule has 0 bridgehead atoms. The molecule has 0 saturated heterocycles. The number of alkyl halides is 1. The molecular weight excluding hydrogens is 178 g/mol. The van der Waals surface area contributed by atoms with Gasteiger partial charge >= 0.3 is 85.1 Å². The van der Waals surface area contributed by atoms with Gasteiger partial charge < -0.3 is 0 Å². The monoisotopic (exact) mass is 192 g/mol. The van der Waals surface area contributed by atoms with Crippen molar-refractivity contribution in [3.8, 4) is 0 Å². The van der Waals surface area contributed by atoms with Crippen LogP contribution in [0.2, 0.25) is 0 Å². The minimum absolute atomic E-state index is 0.0560. The van der Waals surface area contributed by atoms with E-state index in [1.54, 1.807) is 0 Å². The molecule has 1 saturated carbocycles. The molecule has 2 rings (SSSR count). The van der Waals surface area contributed by atoms with E-state index in [0.717, 1.165) is 12.8 Å². The normalized spacial score (nSPS) is 21.0. The molecule has 1 heterocycles. The molecule has 13 heavy (non-hydrogen) atoms. The molecule has 1 aromatic heterocycles. The minimum atomic E-state index is -0.0560. The molecule has 0 N–H and O–H groups in total. The third-order valence-electron chi connectivity index (χ3n) is 2.94. The van der Waals surface area contributed by atoms with E-state index in [1.165, 1.54) is 24.7 Å². The summed E-state index contributed by atoms with van der Waals surface area (Å²) in [5.41, 5.74) is 1.30. The van der Waals surface area contributed by atoms with Crippen LogP contribution in [0.1, 0.15) is 37.6 Å². The van der Waals surface area contributed by atoms with E-state index in [-0.39, 0.29) is 4.87 Å². The Morgan fingerprint density at radius 1 is 1.15 bits per heavy atom. The van der Waals surface area contributed by atoms with Gasteiger partial charge in [0.05, 0.1) is 0 Å². The molecule has 0 aromatic carbocycles. The van der Waals surface area contributed by atoms with Crippen LogP contribution in [-0.4, -0.2) is 6.91 Å². The van der Waals surface area contributed by atoms with E-state index in [1.807, 2.05) is 6.07 Å². The average molecular weight is 192 g/mol. The standard InChI is InChI=1S/C11H14BCl/c13-11(7-3-1-4-8-11)10-6-2-5-9-12-10/h2,5-6,9H,1,3-4,7-8H2. The molecule has 2 heteroatoms. The second kappa shape index (κ2) is 3.83. The first-order chi connectivity index (χ1) is 6.31. The summed E-state index contributed by atoms with van der Waals surface area (Å²) in [7, 11) is 0. The van der Waals surface area contributed by atoms with Crippen LogP contribution >= 0.6 is 11.6 Å². The number of hydrogen-bond acceptors (Lipinski definition) is 0. The Hall–Kier alpha value is -0.295. The van der Waals surface area contributed by atoms with Gasteiger partial charge in [-0.25, -0.2) is 0 Å². The van der Waals surface area contributed by atoms with Crippen LogP contribution in [0.25, 0.3) is 0 Å². The molecule has 0 nitrogen and oxygen atoms in total. The molecule has 0 aliphatic heterocycles. The van der Waals surface area contributed by atoms with Gasteiger partial charge in [0.25, 0.3) is 0 Å². The maximum absolute atomic E-state index is 6.60. The fourth-order valence-corrected chi connectivity index (χ4v) is 2.53. The molecule has 0 radical (unpaired) electrons. The van der Waals surface area contributed by atoms with Crippen molar-refractivity contribution < 1.29 is 0 Å². The van der Waals surface area contributed by atoms with Crippen LogP contribution in [0.4, 0.5) is 0 Å². The first kappa shape index (κ1) is 9.27. The summed E-state index contributed by atoms with van der Waals surface area (Å²) in [5, 5.41) is 0. The number of rotatable bonds is 1. The zero-order valence-electron chi connectivity index (χ0n) is 7.80. The zero-order chi connectivity index (χ0) is 9.15. The van der Waals surface area contributed by atoms with Crippen LogP contribution < -0.4 is 0 Å². The van der Waals surface area contributed by atoms with E-state index < -0.39 is 0 Å². The molecule has 1 aromatic rings. The van der Waals surface area contributed by atoms with Crippen molar-refractivity contribution in [1.82, 2.24) is 0 Å². The van der Waals surface area contributed by atoms with Gasteiger partial charge in [0, 0.05) is 0 Å². The van der Waals surface area contributed by atoms with Gasteiger partial charge in [-0.15, -0.1) is 0 Å². The van der Waals surface area contributed by atoms with E-state index in [2.05, 4.69) is 25.0 Å². The fourth-order valence-electron chi connectivity index (χ4n) is 2.14. The molecule has 1 aliphatic carbocycles. The van der Waals surface area contributed by atoms with Crippen molar-refractivity contribution in [3.05, 3.63) is 29.6 Å². The van der Waals surface area contributed by atoms with Gasteiger partial charge in [0.15, 0.2) is 0 Å². The SMILES string of the molecule is ClC1(c2bcccc2)CCCCC1. The van der Waals surface area contributed by atoms with E-state index >= 15 is 0 Å².